The van der Waals surface area contributed by atoms with Gasteiger partial charge in [-0.2, -0.15) is 0 Å². The van der Waals surface area contributed by atoms with Crippen LogP contribution in [0.15, 0.2) is 18.2 Å². The van der Waals surface area contributed by atoms with E-state index >= 15 is 0 Å². The summed E-state index contributed by atoms with van der Waals surface area (Å²) in [6, 6.07) is 8.46. The molecule has 0 spiro atoms. The molecule has 2 aliphatic rings. The van der Waals surface area contributed by atoms with E-state index in [1.54, 1.807) is 0 Å². The fourth-order valence-corrected chi connectivity index (χ4v) is 3.86. The summed E-state index contributed by atoms with van der Waals surface area (Å²) < 4.78 is 0. The van der Waals surface area contributed by atoms with Crippen LogP contribution in [0.1, 0.15) is 30.4 Å². The zero-order valence-corrected chi connectivity index (χ0v) is 12.8. The van der Waals surface area contributed by atoms with Gasteiger partial charge in [-0.15, -0.1) is 0 Å². The largest absolute Gasteiger partial charge is 0.370 e. The topological polar surface area (TPSA) is 32.5 Å². The van der Waals surface area contributed by atoms with Crippen molar-refractivity contribution in [2.45, 2.75) is 44.7 Å². The molecule has 0 aromatic heterocycles. The maximum atomic E-state index is 5.67. The lowest BCUT2D eigenvalue weighted by atomic mass is 10.0. The molecule has 3 nitrogen and oxygen atoms in total. The SMILES string of the molecule is Cc1cc(N2CCC3CCC(C2)N3C)ccc1CCN. The number of benzene rings is 1. The van der Waals surface area contributed by atoms with Crippen molar-refractivity contribution in [2.24, 2.45) is 5.73 Å². The molecule has 1 aromatic rings. The van der Waals surface area contributed by atoms with Gasteiger partial charge < -0.3 is 10.6 Å². The van der Waals surface area contributed by atoms with Crippen molar-refractivity contribution in [2.75, 3.05) is 31.6 Å². The second-order valence-electron chi connectivity index (χ2n) is 6.43. The highest BCUT2D eigenvalue weighted by atomic mass is 15.3. The highest BCUT2D eigenvalue weighted by Gasteiger charge is 2.34. The van der Waals surface area contributed by atoms with Gasteiger partial charge >= 0.3 is 0 Å². The Labute approximate surface area is 122 Å². The van der Waals surface area contributed by atoms with Gasteiger partial charge in [-0.05, 0) is 69.5 Å². The first-order chi connectivity index (χ1) is 9.69. The molecule has 110 valence electrons. The molecule has 2 saturated heterocycles. The molecule has 0 saturated carbocycles. The van der Waals surface area contributed by atoms with Crippen LogP contribution in [0.3, 0.4) is 0 Å². The molecule has 2 aliphatic heterocycles. The lowest BCUT2D eigenvalue weighted by Crippen LogP contribution is -2.36. The van der Waals surface area contributed by atoms with E-state index in [1.807, 2.05) is 0 Å². The Bertz CT molecular complexity index is 471. The third kappa shape index (κ3) is 2.57. The Balaban J connectivity index is 1.77. The van der Waals surface area contributed by atoms with Crippen LogP contribution in [0.5, 0.6) is 0 Å². The molecule has 2 fully saturated rings. The minimum absolute atomic E-state index is 0.735. The van der Waals surface area contributed by atoms with E-state index in [4.69, 9.17) is 5.73 Å². The summed E-state index contributed by atoms with van der Waals surface area (Å²) >= 11 is 0. The predicted octanol–water partition coefficient (Wildman–Crippen LogP) is 2.17. The van der Waals surface area contributed by atoms with Crippen molar-refractivity contribution in [1.29, 1.82) is 0 Å². The van der Waals surface area contributed by atoms with E-state index in [0.717, 1.165) is 25.0 Å². The molecule has 3 rings (SSSR count). The molecule has 2 N–H and O–H groups in total. The molecule has 2 bridgehead atoms. The number of hydrogen-bond donors (Lipinski definition) is 1. The molecular weight excluding hydrogens is 246 g/mol. The molecule has 20 heavy (non-hydrogen) atoms. The fraction of sp³-hybridized carbons (Fsp3) is 0.647. The van der Waals surface area contributed by atoms with Crippen LogP contribution in [0.25, 0.3) is 0 Å². The van der Waals surface area contributed by atoms with Crippen molar-refractivity contribution in [3.8, 4) is 0 Å². The molecule has 2 unspecified atom stereocenters. The zero-order valence-electron chi connectivity index (χ0n) is 12.8. The van der Waals surface area contributed by atoms with Gasteiger partial charge in [0.05, 0.1) is 0 Å². The van der Waals surface area contributed by atoms with Crippen LogP contribution in [-0.4, -0.2) is 43.7 Å². The normalized spacial score (nSPS) is 26.9. The minimum atomic E-state index is 0.735. The van der Waals surface area contributed by atoms with Gasteiger partial charge in [0.2, 0.25) is 0 Å². The second-order valence-corrected chi connectivity index (χ2v) is 6.43. The maximum Gasteiger partial charge on any atom is 0.0369 e. The van der Waals surface area contributed by atoms with Crippen molar-refractivity contribution >= 4 is 5.69 Å². The van der Waals surface area contributed by atoms with Crippen molar-refractivity contribution in [1.82, 2.24) is 4.90 Å². The van der Waals surface area contributed by atoms with E-state index in [-0.39, 0.29) is 0 Å². The Morgan fingerprint density at radius 3 is 2.75 bits per heavy atom. The number of anilines is 1. The maximum absolute atomic E-state index is 5.67. The summed E-state index contributed by atoms with van der Waals surface area (Å²) in [5, 5.41) is 0. The van der Waals surface area contributed by atoms with Gasteiger partial charge in [-0.3, -0.25) is 4.90 Å². The Morgan fingerprint density at radius 2 is 2.00 bits per heavy atom. The van der Waals surface area contributed by atoms with Crippen molar-refractivity contribution < 1.29 is 0 Å². The monoisotopic (exact) mass is 273 g/mol. The average Bonchev–Trinajstić information content (AvgIpc) is 2.66. The number of hydrogen-bond acceptors (Lipinski definition) is 3. The number of rotatable bonds is 3. The molecule has 0 amide bonds. The number of likely N-dealkylation sites (N-methyl/N-ethyl adjacent to an activating group) is 1. The number of nitrogens with two attached hydrogens (primary N) is 1. The van der Waals surface area contributed by atoms with E-state index < -0.39 is 0 Å². The highest BCUT2D eigenvalue weighted by molar-refractivity contribution is 5.51. The summed E-state index contributed by atoms with van der Waals surface area (Å²) in [6.07, 6.45) is 5.04. The Morgan fingerprint density at radius 1 is 1.20 bits per heavy atom. The molecule has 1 aromatic carbocycles. The standard InChI is InChI=1S/C17H27N3/c1-13-11-16(4-3-14(13)7-9-18)20-10-8-15-5-6-17(12-20)19(15)2/h3-4,11,15,17H,5-10,12,18H2,1-2H3. The summed E-state index contributed by atoms with van der Waals surface area (Å²) in [5.74, 6) is 0. The molecule has 2 heterocycles. The number of nitrogens with zero attached hydrogens (tertiary/aromatic N) is 2. The lowest BCUT2D eigenvalue weighted by molar-refractivity contribution is 0.254. The van der Waals surface area contributed by atoms with Crippen LogP contribution in [0.2, 0.25) is 0 Å². The van der Waals surface area contributed by atoms with Gasteiger partial charge in [-0.25, -0.2) is 0 Å². The summed E-state index contributed by atoms with van der Waals surface area (Å²) in [5.41, 5.74) is 9.84. The van der Waals surface area contributed by atoms with Gasteiger partial charge in [-0.1, -0.05) is 6.07 Å². The predicted molar refractivity (Wildman–Crippen MR) is 85.3 cm³/mol. The molecule has 0 aliphatic carbocycles. The lowest BCUT2D eigenvalue weighted by Gasteiger charge is -2.28. The molecule has 2 atom stereocenters. The summed E-state index contributed by atoms with van der Waals surface area (Å²) in [7, 11) is 2.31. The average molecular weight is 273 g/mol. The van der Waals surface area contributed by atoms with Crippen molar-refractivity contribution in [3.63, 3.8) is 0 Å². The van der Waals surface area contributed by atoms with Gasteiger partial charge in [0, 0.05) is 30.9 Å². The van der Waals surface area contributed by atoms with Crippen LogP contribution in [0.4, 0.5) is 5.69 Å². The molecular formula is C17H27N3. The fourth-order valence-electron chi connectivity index (χ4n) is 3.86. The summed E-state index contributed by atoms with van der Waals surface area (Å²) in [4.78, 5) is 5.19. The van der Waals surface area contributed by atoms with Gasteiger partial charge in [0.25, 0.3) is 0 Å². The highest BCUT2D eigenvalue weighted by Crippen LogP contribution is 2.31. The smallest absolute Gasteiger partial charge is 0.0369 e. The quantitative estimate of drug-likeness (QED) is 0.916. The van der Waals surface area contributed by atoms with Crippen LogP contribution in [-0.2, 0) is 6.42 Å². The minimum Gasteiger partial charge on any atom is -0.370 e. The Hall–Kier alpha value is -1.06. The third-order valence-corrected chi connectivity index (χ3v) is 5.25. The van der Waals surface area contributed by atoms with E-state index in [1.165, 1.54) is 49.2 Å². The third-order valence-electron chi connectivity index (χ3n) is 5.25. The summed E-state index contributed by atoms with van der Waals surface area (Å²) in [6.45, 7) is 5.33. The van der Waals surface area contributed by atoms with Crippen LogP contribution < -0.4 is 10.6 Å². The molecule has 3 heteroatoms. The van der Waals surface area contributed by atoms with Gasteiger partial charge in [0.15, 0.2) is 0 Å². The van der Waals surface area contributed by atoms with Gasteiger partial charge in [0.1, 0.15) is 0 Å². The van der Waals surface area contributed by atoms with Crippen LogP contribution in [0, 0.1) is 6.92 Å². The van der Waals surface area contributed by atoms with E-state index in [9.17, 15) is 0 Å². The Kier molecular flexibility index (Phi) is 3.99. The van der Waals surface area contributed by atoms with E-state index in [2.05, 4.69) is 42.0 Å². The second kappa shape index (κ2) is 5.74. The number of fused-ring (bicyclic) bond motifs is 2. The zero-order chi connectivity index (χ0) is 14.1. The van der Waals surface area contributed by atoms with Crippen LogP contribution >= 0.6 is 0 Å². The number of aryl methyl sites for hydroxylation is 1. The first-order valence-corrected chi connectivity index (χ1v) is 7.95. The first-order valence-electron chi connectivity index (χ1n) is 7.95. The van der Waals surface area contributed by atoms with Crippen molar-refractivity contribution in [3.05, 3.63) is 29.3 Å². The molecule has 0 radical (unpaired) electrons. The van der Waals surface area contributed by atoms with E-state index in [0.29, 0.717) is 0 Å². The first kappa shape index (κ1) is 13.9.